The number of carbonyl (C=O) groups is 2. The largest absolute Gasteiger partial charge is 0.475 e. The summed E-state index contributed by atoms with van der Waals surface area (Å²) in [6, 6.07) is 9.88. The Balaban J connectivity index is 1.80. The first-order chi connectivity index (χ1) is 15.7. The number of ketones is 1. The van der Waals surface area contributed by atoms with Gasteiger partial charge in [-0.05, 0) is 36.8 Å². The van der Waals surface area contributed by atoms with Gasteiger partial charge < -0.3 is 19.9 Å². The number of Topliss-reactive ketones (excluding diaryl/α,β-unsaturated/α-hetero) is 1. The predicted molar refractivity (Wildman–Crippen MR) is 131 cm³/mol. The quantitative estimate of drug-likeness (QED) is 0.388. The third-order valence-corrected chi connectivity index (χ3v) is 5.92. The van der Waals surface area contributed by atoms with Crippen molar-refractivity contribution in [3.63, 3.8) is 0 Å². The summed E-state index contributed by atoms with van der Waals surface area (Å²) in [7, 11) is -1.64. The topological polar surface area (TPSA) is 104 Å². The molecule has 0 fully saturated rings. The third-order valence-electron chi connectivity index (χ3n) is 5.92. The molecule has 0 bridgehead atoms. The molecule has 0 spiro atoms. The van der Waals surface area contributed by atoms with E-state index >= 15 is 0 Å². The SMILES string of the molecule is CC(C)C[C@H](CC(=O)Cn1c2ccccc2c2ccncc21)C(=O)N[C@@H](CC(C)C)B(O)O. The second-order valence-corrected chi connectivity index (χ2v) is 9.72. The Morgan fingerprint density at radius 2 is 1.67 bits per heavy atom. The highest BCUT2D eigenvalue weighted by Gasteiger charge is 2.30. The van der Waals surface area contributed by atoms with Crippen molar-refractivity contribution in [3.8, 4) is 0 Å². The number of benzene rings is 1. The van der Waals surface area contributed by atoms with Gasteiger partial charge in [-0.3, -0.25) is 14.6 Å². The van der Waals surface area contributed by atoms with Crippen LogP contribution in [0.3, 0.4) is 0 Å². The molecule has 2 atom stereocenters. The lowest BCUT2D eigenvalue weighted by molar-refractivity contribution is -0.130. The van der Waals surface area contributed by atoms with Crippen LogP contribution in [0.5, 0.6) is 0 Å². The van der Waals surface area contributed by atoms with E-state index in [4.69, 9.17) is 0 Å². The van der Waals surface area contributed by atoms with Crippen LogP contribution in [0.4, 0.5) is 0 Å². The highest BCUT2D eigenvalue weighted by molar-refractivity contribution is 6.43. The van der Waals surface area contributed by atoms with Gasteiger partial charge in [-0.1, -0.05) is 45.9 Å². The zero-order valence-electron chi connectivity index (χ0n) is 19.9. The molecule has 8 heteroatoms. The summed E-state index contributed by atoms with van der Waals surface area (Å²) in [5, 5.41) is 24.3. The third kappa shape index (κ3) is 6.21. The summed E-state index contributed by atoms with van der Waals surface area (Å²) >= 11 is 0. The van der Waals surface area contributed by atoms with Crippen molar-refractivity contribution in [3.05, 3.63) is 42.7 Å². The minimum atomic E-state index is -1.64. The van der Waals surface area contributed by atoms with E-state index in [1.807, 2.05) is 62.6 Å². The molecule has 2 aromatic heterocycles. The summed E-state index contributed by atoms with van der Waals surface area (Å²) in [6.45, 7) is 8.08. The first-order valence-electron chi connectivity index (χ1n) is 11.7. The zero-order chi connectivity index (χ0) is 24.1. The van der Waals surface area contributed by atoms with Gasteiger partial charge in [0.05, 0.1) is 24.2 Å². The number of aromatic nitrogens is 2. The van der Waals surface area contributed by atoms with Gasteiger partial charge >= 0.3 is 7.12 Å². The minimum Gasteiger partial charge on any atom is -0.426 e. The number of carbonyl (C=O) groups excluding carboxylic acids is 2. The first kappa shape index (κ1) is 24.9. The fraction of sp³-hybridized carbons (Fsp3) is 0.480. The highest BCUT2D eigenvalue weighted by atomic mass is 16.4. The van der Waals surface area contributed by atoms with Gasteiger partial charge in [-0.25, -0.2) is 0 Å². The van der Waals surface area contributed by atoms with Crippen LogP contribution in [0, 0.1) is 17.8 Å². The van der Waals surface area contributed by atoms with Crippen LogP contribution < -0.4 is 5.32 Å². The van der Waals surface area contributed by atoms with E-state index < -0.39 is 19.0 Å². The van der Waals surface area contributed by atoms with E-state index in [1.54, 1.807) is 12.4 Å². The smallest absolute Gasteiger partial charge is 0.426 e. The van der Waals surface area contributed by atoms with E-state index in [0.29, 0.717) is 12.8 Å². The Kier molecular flexibility index (Phi) is 8.27. The maximum atomic E-state index is 13.2. The van der Waals surface area contributed by atoms with Gasteiger partial charge in [-0.15, -0.1) is 0 Å². The molecule has 3 N–H and O–H groups in total. The molecule has 3 aromatic rings. The Morgan fingerprint density at radius 3 is 2.33 bits per heavy atom. The molecule has 0 saturated carbocycles. The molecule has 1 aromatic carbocycles. The van der Waals surface area contributed by atoms with Crippen LogP contribution in [-0.2, 0) is 16.1 Å². The van der Waals surface area contributed by atoms with Gasteiger partial charge in [-0.2, -0.15) is 0 Å². The normalized spacial score (nSPS) is 13.6. The second-order valence-electron chi connectivity index (χ2n) is 9.72. The van der Waals surface area contributed by atoms with Gasteiger partial charge in [0, 0.05) is 34.8 Å². The van der Waals surface area contributed by atoms with Crippen molar-refractivity contribution in [2.45, 2.75) is 59.4 Å². The molecule has 0 unspecified atom stereocenters. The number of rotatable bonds is 11. The average Bonchev–Trinajstić information content (AvgIpc) is 3.06. The lowest BCUT2D eigenvalue weighted by Gasteiger charge is -2.24. The molecule has 0 saturated heterocycles. The van der Waals surface area contributed by atoms with Crippen molar-refractivity contribution < 1.29 is 19.6 Å². The molecule has 176 valence electrons. The number of hydrogen-bond acceptors (Lipinski definition) is 5. The molecule has 33 heavy (non-hydrogen) atoms. The lowest BCUT2D eigenvalue weighted by Crippen LogP contribution is -2.49. The van der Waals surface area contributed by atoms with E-state index in [-0.39, 0.29) is 36.5 Å². The van der Waals surface area contributed by atoms with Crippen LogP contribution in [0.1, 0.15) is 47.0 Å². The Bertz CT molecular complexity index is 1060. The Labute approximate surface area is 195 Å². The van der Waals surface area contributed by atoms with Crippen LogP contribution in [0.25, 0.3) is 21.8 Å². The number of nitrogens with one attached hydrogen (secondary N) is 1. The van der Waals surface area contributed by atoms with E-state index in [1.165, 1.54) is 0 Å². The number of amides is 1. The molecular weight excluding hydrogens is 417 g/mol. The summed E-state index contributed by atoms with van der Waals surface area (Å²) in [4.78, 5) is 30.4. The van der Waals surface area contributed by atoms with Gasteiger partial charge in [0.2, 0.25) is 5.91 Å². The second kappa shape index (κ2) is 10.9. The molecular formula is C25H34BN3O4. The molecule has 0 aliphatic carbocycles. The average molecular weight is 451 g/mol. The molecule has 3 rings (SSSR count). The standard InChI is InChI=1S/C25H34BN3O4/c1-16(2)11-18(25(31)28-24(26(32)33)12-17(3)4)13-19(30)15-29-22-8-6-5-7-20(22)21-9-10-27-14-23(21)29/h5-10,14,16-18,24,32-33H,11-13,15H2,1-4H3,(H,28,31)/t18-,24+/m1/s1. The van der Waals surface area contributed by atoms with Crippen LogP contribution in [0.2, 0.25) is 0 Å². The van der Waals surface area contributed by atoms with Crippen LogP contribution in [0.15, 0.2) is 42.7 Å². The van der Waals surface area contributed by atoms with Gasteiger partial charge in [0.15, 0.2) is 5.78 Å². The molecule has 7 nitrogen and oxygen atoms in total. The van der Waals surface area contributed by atoms with E-state index in [2.05, 4.69) is 10.3 Å². The maximum absolute atomic E-state index is 13.2. The van der Waals surface area contributed by atoms with Crippen molar-refractivity contribution in [2.75, 3.05) is 0 Å². The van der Waals surface area contributed by atoms with Crippen molar-refractivity contribution in [1.82, 2.24) is 14.9 Å². The number of pyridine rings is 1. The summed E-state index contributed by atoms with van der Waals surface area (Å²) in [5.74, 6) is -1.24. The van der Waals surface area contributed by atoms with Crippen molar-refractivity contribution in [1.29, 1.82) is 0 Å². The highest BCUT2D eigenvalue weighted by Crippen LogP contribution is 2.28. The summed E-state index contributed by atoms with van der Waals surface area (Å²) in [5.41, 5.74) is 1.84. The molecule has 2 heterocycles. The summed E-state index contributed by atoms with van der Waals surface area (Å²) < 4.78 is 1.96. The first-order valence-corrected chi connectivity index (χ1v) is 11.7. The molecule has 1 amide bonds. The predicted octanol–water partition coefficient (Wildman–Crippen LogP) is 3.35. The fourth-order valence-corrected chi connectivity index (χ4v) is 4.50. The lowest BCUT2D eigenvalue weighted by atomic mass is 9.74. The maximum Gasteiger partial charge on any atom is 0.475 e. The molecule has 0 radical (unpaired) electrons. The monoisotopic (exact) mass is 451 g/mol. The zero-order valence-corrected chi connectivity index (χ0v) is 19.9. The number of nitrogens with zero attached hydrogens (tertiary/aromatic N) is 2. The molecule has 0 aliphatic heterocycles. The van der Waals surface area contributed by atoms with Crippen molar-refractivity contribution in [2.24, 2.45) is 17.8 Å². The number of fused-ring (bicyclic) bond motifs is 3. The van der Waals surface area contributed by atoms with E-state index in [9.17, 15) is 19.6 Å². The number of hydrogen-bond donors (Lipinski definition) is 3. The minimum absolute atomic E-state index is 0.0488. The van der Waals surface area contributed by atoms with Gasteiger partial charge in [0.25, 0.3) is 0 Å². The fourth-order valence-electron chi connectivity index (χ4n) is 4.50. The van der Waals surface area contributed by atoms with E-state index in [0.717, 1.165) is 21.8 Å². The Morgan fingerprint density at radius 1 is 1.00 bits per heavy atom. The number of para-hydroxylation sites is 1. The Hall–Kier alpha value is -2.71. The van der Waals surface area contributed by atoms with Crippen LogP contribution in [-0.4, -0.2) is 44.3 Å². The van der Waals surface area contributed by atoms with Crippen molar-refractivity contribution >= 4 is 40.6 Å². The molecule has 0 aliphatic rings. The summed E-state index contributed by atoms with van der Waals surface area (Å²) in [6.07, 6.45) is 4.59. The van der Waals surface area contributed by atoms with Crippen LogP contribution >= 0.6 is 0 Å². The van der Waals surface area contributed by atoms with Gasteiger partial charge in [0.1, 0.15) is 0 Å².